The summed E-state index contributed by atoms with van der Waals surface area (Å²) in [4.78, 5) is 23.4. The molecule has 2 aromatic carbocycles. The van der Waals surface area contributed by atoms with Crippen LogP contribution < -0.4 is 5.32 Å². The molecule has 22 heavy (non-hydrogen) atoms. The summed E-state index contributed by atoms with van der Waals surface area (Å²) in [5.74, 6) is -2.10. The molecular weight excluding hydrogens is 421 g/mol. The third-order valence-corrected chi connectivity index (χ3v) is 3.78. The minimum absolute atomic E-state index is 0.208. The number of amides is 1. The predicted molar refractivity (Wildman–Crippen MR) is 87.2 cm³/mol. The standard InChI is InChI=1S/C15H10Br2FNO3/c16-9-5-6-13(11(17)7-9)19-14(20)8-22-15(21)10-3-1-2-4-12(10)18/h1-7H,8H2,(H,19,20). The molecule has 7 heteroatoms. The topological polar surface area (TPSA) is 55.4 Å². The summed E-state index contributed by atoms with van der Waals surface area (Å²) in [5, 5.41) is 2.58. The van der Waals surface area contributed by atoms with Gasteiger partial charge in [0.15, 0.2) is 6.61 Å². The third-order valence-electron chi connectivity index (χ3n) is 2.63. The van der Waals surface area contributed by atoms with Crippen molar-refractivity contribution in [1.29, 1.82) is 0 Å². The summed E-state index contributed by atoms with van der Waals surface area (Å²) < 4.78 is 19.7. The van der Waals surface area contributed by atoms with E-state index >= 15 is 0 Å². The molecule has 0 aliphatic carbocycles. The fourth-order valence-electron chi connectivity index (χ4n) is 1.61. The van der Waals surface area contributed by atoms with Crippen LogP contribution in [0.25, 0.3) is 0 Å². The van der Waals surface area contributed by atoms with Gasteiger partial charge in [-0.1, -0.05) is 28.1 Å². The van der Waals surface area contributed by atoms with Crippen LogP contribution in [0.15, 0.2) is 51.4 Å². The Balaban J connectivity index is 1.93. The molecule has 1 N–H and O–H groups in total. The predicted octanol–water partition coefficient (Wildman–Crippen LogP) is 4.15. The number of hydrogen-bond acceptors (Lipinski definition) is 3. The Morgan fingerprint density at radius 1 is 1.14 bits per heavy atom. The van der Waals surface area contributed by atoms with Gasteiger partial charge in [0.2, 0.25) is 0 Å². The first-order valence-corrected chi connectivity index (χ1v) is 7.72. The van der Waals surface area contributed by atoms with E-state index in [9.17, 15) is 14.0 Å². The second kappa shape index (κ2) is 7.51. The smallest absolute Gasteiger partial charge is 0.341 e. The zero-order valence-corrected chi connectivity index (χ0v) is 14.3. The van der Waals surface area contributed by atoms with Crippen molar-refractivity contribution in [1.82, 2.24) is 0 Å². The number of ether oxygens (including phenoxy) is 1. The van der Waals surface area contributed by atoms with Gasteiger partial charge in [0, 0.05) is 8.95 Å². The highest BCUT2D eigenvalue weighted by molar-refractivity contribution is 9.11. The maximum absolute atomic E-state index is 13.4. The van der Waals surface area contributed by atoms with E-state index in [0.717, 1.165) is 10.5 Å². The number of halogens is 3. The van der Waals surface area contributed by atoms with Crippen molar-refractivity contribution in [3.05, 3.63) is 62.8 Å². The first-order valence-electron chi connectivity index (χ1n) is 6.14. The molecule has 2 aromatic rings. The first-order chi connectivity index (χ1) is 10.5. The summed E-state index contributed by atoms with van der Waals surface area (Å²) in [7, 11) is 0. The molecule has 0 fully saturated rings. The lowest BCUT2D eigenvalue weighted by Gasteiger charge is -2.08. The van der Waals surface area contributed by atoms with Crippen LogP contribution in [0, 0.1) is 5.82 Å². The number of nitrogens with one attached hydrogen (secondary N) is 1. The first kappa shape index (κ1) is 16.6. The number of benzene rings is 2. The lowest BCUT2D eigenvalue weighted by molar-refractivity contribution is -0.119. The second-order valence-corrected chi connectivity index (χ2v) is 6.00. The van der Waals surface area contributed by atoms with E-state index in [2.05, 4.69) is 37.2 Å². The Bertz CT molecular complexity index is 722. The second-order valence-electron chi connectivity index (χ2n) is 4.23. The van der Waals surface area contributed by atoms with Gasteiger partial charge in [-0.2, -0.15) is 0 Å². The maximum Gasteiger partial charge on any atom is 0.341 e. The normalized spacial score (nSPS) is 10.1. The molecule has 114 valence electrons. The molecule has 1 amide bonds. The molecule has 0 saturated heterocycles. The van der Waals surface area contributed by atoms with E-state index in [-0.39, 0.29) is 5.56 Å². The van der Waals surface area contributed by atoms with Crippen LogP contribution in [0.1, 0.15) is 10.4 Å². The SMILES string of the molecule is O=C(COC(=O)c1ccccc1F)Nc1ccc(Br)cc1Br. The summed E-state index contributed by atoms with van der Waals surface area (Å²) in [6.45, 7) is -0.504. The van der Waals surface area contributed by atoms with Crippen LogP contribution >= 0.6 is 31.9 Å². The van der Waals surface area contributed by atoms with Gasteiger partial charge >= 0.3 is 5.97 Å². The van der Waals surface area contributed by atoms with Crippen molar-refractivity contribution in [2.24, 2.45) is 0 Å². The molecule has 0 aliphatic heterocycles. The Morgan fingerprint density at radius 2 is 1.86 bits per heavy atom. The van der Waals surface area contributed by atoms with E-state index in [4.69, 9.17) is 4.74 Å². The molecule has 0 radical (unpaired) electrons. The lowest BCUT2D eigenvalue weighted by atomic mass is 10.2. The quantitative estimate of drug-likeness (QED) is 0.741. The van der Waals surface area contributed by atoms with Crippen LogP contribution in [0.2, 0.25) is 0 Å². The summed E-state index contributed by atoms with van der Waals surface area (Å²) in [5.41, 5.74) is 0.329. The van der Waals surface area contributed by atoms with Gasteiger partial charge in [0.05, 0.1) is 11.3 Å². The lowest BCUT2D eigenvalue weighted by Crippen LogP contribution is -2.21. The van der Waals surface area contributed by atoms with Crippen molar-refractivity contribution in [2.75, 3.05) is 11.9 Å². The molecular formula is C15H10Br2FNO3. The van der Waals surface area contributed by atoms with Gasteiger partial charge in [-0.05, 0) is 46.3 Å². The fourth-order valence-corrected chi connectivity index (χ4v) is 2.76. The summed E-state index contributed by atoms with van der Waals surface area (Å²) in [6, 6.07) is 10.6. The van der Waals surface area contributed by atoms with E-state index in [1.165, 1.54) is 18.2 Å². The number of carbonyl (C=O) groups is 2. The van der Waals surface area contributed by atoms with Gasteiger partial charge in [-0.15, -0.1) is 0 Å². The molecule has 0 heterocycles. The number of carbonyl (C=O) groups excluding carboxylic acids is 2. The van der Waals surface area contributed by atoms with Crippen molar-refractivity contribution in [2.45, 2.75) is 0 Å². The van der Waals surface area contributed by atoms with Crippen LogP contribution in [0.5, 0.6) is 0 Å². The molecule has 4 nitrogen and oxygen atoms in total. The van der Waals surface area contributed by atoms with Crippen LogP contribution in [-0.2, 0) is 9.53 Å². The average Bonchev–Trinajstić information content (AvgIpc) is 2.48. The molecule has 0 aliphatic rings. The van der Waals surface area contributed by atoms with Gasteiger partial charge in [-0.25, -0.2) is 9.18 Å². The molecule has 0 spiro atoms. The van der Waals surface area contributed by atoms with Crippen molar-refractivity contribution in [3.8, 4) is 0 Å². The van der Waals surface area contributed by atoms with E-state index in [1.54, 1.807) is 18.2 Å². The molecule has 0 bridgehead atoms. The number of hydrogen-bond donors (Lipinski definition) is 1. The third kappa shape index (κ3) is 4.38. The Labute approximate surface area is 142 Å². The van der Waals surface area contributed by atoms with Crippen LogP contribution in [0.3, 0.4) is 0 Å². The van der Waals surface area contributed by atoms with Crippen LogP contribution in [-0.4, -0.2) is 18.5 Å². The minimum atomic E-state index is -0.886. The zero-order chi connectivity index (χ0) is 16.1. The monoisotopic (exact) mass is 429 g/mol. The Kier molecular flexibility index (Phi) is 5.68. The van der Waals surface area contributed by atoms with Gasteiger partial charge < -0.3 is 10.1 Å². The van der Waals surface area contributed by atoms with Crippen molar-refractivity contribution in [3.63, 3.8) is 0 Å². The van der Waals surface area contributed by atoms with Gasteiger partial charge in [-0.3, -0.25) is 4.79 Å². The van der Waals surface area contributed by atoms with Gasteiger partial charge in [0.25, 0.3) is 5.91 Å². The Morgan fingerprint density at radius 3 is 2.55 bits per heavy atom. The fraction of sp³-hybridized carbons (Fsp3) is 0.0667. The highest BCUT2D eigenvalue weighted by Gasteiger charge is 2.14. The average molecular weight is 431 g/mol. The highest BCUT2D eigenvalue weighted by atomic mass is 79.9. The zero-order valence-electron chi connectivity index (χ0n) is 11.1. The minimum Gasteiger partial charge on any atom is -0.452 e. The molecule has 0 atom stereocenters. The largest absolute Gasteiger partial charge is 0.452 e. The van der Waals surface area contributed by atoms with Crippen molar-refractivity contribution >= 4 is 49.4 Å². The molecule has 2 rings (SSSR count). The van der Waals surface area contributed by atoms with Gasteiger partial charge in [0.1, 0.15) is 5.82 Å². The summed E-state index contributed by atoms with van der Waals surface area (Å²) in [6.07, 6.45) is 0. The van der Waals surface area contributed by atoms with E-state index < -0.39 is 24.3 Å². The Hall–Kier alpha value is -1.73. The maximum atomic E-state index is 13.4. The van der Waals surface area contributed by atoms with E-state index in [0.29, 0.717) is 10.2 Å². The number of esters is 1. The highest BCUT2D eigenvalue weighted by Crippen LogP contribution is 2.26. The molecule has 0 unspecified atom stereocenters. The molecule has 0 aromatic heterocycles. The summed E-state index contributed by atoms with van der Waals surface area (Å²) >= 11 is 6.60. The number of rotatable bonds is 4. The number of anilines is 1. The van der Waals surface area contributed by atoms with Crippen molar-refractivity contribution < 1.29 is 18.7 Å². The van der Waals surface area contributed by atoms with Crippen LogP contribution in [0.4, 0.5) is 10.1 Å². The molecule has 0 saturated carbocycles. The van der Waals surface area contributed by atoms with E-state index in [1.807, 2.05) is 0 Å².